The van der Waals surface area contributed by atoms with Crippen LogP contribution in [-0.2, 0) is 13.5 Å². The fraction of sp³-hybridized carbons (Fsp3) is 0.357. The van der Waals surface area contributed by atoms with Crippen LogP contribution in [0.25, 0.3) is 0 Å². The molecule has 1 aromatic carbocycles. The average molecular weight is 423 g/mol. The first-order chi connectivity index (χ1) is 9.86. The highest BCUT2D eigenvalue weighted by atomic mass is 79.9. The Kier molecular flexibility index (Phi) is 5.16. The molecule has 0 bridgehead atoms. The lowest BCUT2D eigenvalue weighted by Crippen LogP contribution is -2.21. The van der Waals surface area contributed by atoms with Crippen molar-refractivity contribution in [1.82, 2.24) is 15.1 Å². The standard InChI is InChI=1S/C14H15Br2F2N3/c1-7-12(15)11(21(3)20-7)6-10(19-2)8-4-5-9(17)14(18)13(8)16/h4-5,10,19H,6H2,1-3H3. The molecule has 3 nitrogen and oxygen atoms in total. The number of hydrogen-bond donors (Lipinski definition) is 1. The molecule has 0 radical (unpaired) electrons. The van der Waals surface area contributed by atoms with Crippen LogP contribution in [0.1, 0.15) is 23.0 Å². The van der Waals surface area contributed by atoms with Crippen LogP contribution in [0.2, 0.25) is 0 Å². The molecule has 0 amide bonds. The van der Waals surface area contributed by atoms with Gasteiger partial charge in [-0.1, -0.05) is 6.07 Å². The van der Waals surface area contributed by atoms with Crippen molar-refractivity contribution in [2.75, 3.05) is 7.05 Å². The molecular formula is C14H15Br2F2N3. The number of rotatable bonds is 4. The van der Waals surface area contributed by atoms with Crippen LogP contribution in [-0.4, -0.2) is 16.8 Å². The monoisotopic (exact) mass is 421 g/mol. The van der Waals surface area contributed by atoms with Crippen molar-refractivity contribution in [2.45, 2.75) is 19.4 Å². The number of likely N-dealkylation sites (N-methyl/N-ethyl adjacent to an activating group) is 1. The zero-order valence-corrected chi connectivity index (χ0v) is 15.0. The molecule has 1 aromatic heterocycles. The zero-order valence-electron chi connectivity index (χ0n) is 11.8. The molecule has 2 aromatic rings. The fourth-order valence-corrected chi connectivity index (χ4v) is 3.37. The van der Waals surface area contributed by atoms with Gasteiger partial charge in [0.05, 0.1) is 20.3 Å². The maximum absolute atomic E-state index is 13.7. The van der Waals surface area contributed by atoms with E-state index in [2.05, 4.69) is 42.3 Å². The quantitative estimate of drug-likeness (QED) is 0.753. The molecule has 7 heteroatoms. The molecule has 114 valence electrons. The van der Waals surface area contributed by atoms with E-state index in [4.69, 9.17) is 0 Å². The van der Waals surface area contributed by atoms with E-state index in [9.17, 15) is 8.78 Å². The van der Waals surface area contributed by atoms with Crippen molar-refractivity contribution < 1.29 is 8.78 Å². The molecule has 0 saturated carbocycles. The first kappa shape index (κ1) is 16.6. The molecule has 0 spiro atoms. The van der Waals surface area contributed by atoms with Gasteiger partial charge >= 0.3 is 0 Å². The summed E-state index contributed by atoms with van der Waals surface area (Å²) in [7, 11) is 3.65. The number of nitrogens with zero attached hydrogens (tertiary/aromatic N) is 2. The molecule has 21 heavy (non-hydrogen) atoms. The van der Waals surface area contributed by atoms with Crippen LogP contribution in [0, 0.1) is 18.6 Å². The highest BCUT2D eigenvalue weighted by Gasteiger charge is 2.21. The van der Waals surface area contributed by atoms with Crippen molar-refractivity contribution in [3.63, 3.8) is 0 Å². The van der Waals surface area contributed by atoms with Gasteiger partial charge in [0.25, 0.3) is 0 Å². The largest absolute Gasteiger partial charge is 0.313 e. The van der Waals surface area contributed by atoms with Crippen molar-refractivity contribution in [3.8, 4) is 0 Å². The Morgan fingerprint density at radius 1 is 1.29 bits per heavy atom. The van der Waals surface area contributed by atoms with Gasteiger partial charge in [0, 0.05) is 19.5 Å². The summed E-state index contributed by atoms with van der Waals surface area (Å²) in [4.78, 5) is 0. The first-order valence-corrected chi connectivity index (χ1v) is 7.94. The third-order valence-corrected chi connectivity index (χ3v) is 5.29. The van der Waals surface area contributed by atoms with Gasteiger partial charge < -0.3 is 5.32 Å². The summed E-state index contributed by atoms with van der Waals surface area (Å²) in [6.07, 6.45) is 0.595. The van der Waals surface area contributed by atoms with Gasteiger partial charge in [-0.2, -0.15) is 5.10 Å². The molecule has 1 N–H and O–H groups in total. The SMILES string of the molecule is CNC(Cc1c(Br)c(C)nn1C)c1ccc(F)c(F)c1Br. The van der Waals surface area contributed by atoms with Crippen molar-refractivity contribution in [2.24, 2.45) is 7.05 Å². The van der Waals surface area contributed by atoms with E-state index < -0.39 is 11.6 Å². The maximum atomic E-state index is 13.7. The number of aryl methyl sites for hydroxylation is 2. The second-order valence-electron chi connectivity index (χ2n) is 4.78. The highest BCUT2D eigenvalue weighted by Crippen LogP contribution is 2.31. The van der Waals surface area contributed by atoms with E-state index in [1.54, 1.807) is 17.8 Å². The summed E-state index contributed by atoms with van der Waals surface area (Å²) in [6.45, 7) is 1.91. The Balaban J connectivity index is 2.39. The number of halogens is 4. The highest BCUT2D eigenvalue weighted by molar-refractivity contribution is 9.10. The van der Waals surface area contributed by atoms with Gasteiger partial charge in [0.2, 0.25) is 0 Å². The van der Waals surface area contributed by atoms with E-state index in [0.29, 0.717) is 12.0 Å². The lowest BCUT2D eigenvalue weighted by molar-refractivity contribution is 0.493. The summed E-state index contributed by atoms with van der Waals surface area (Å²) in [5.41, 5.74) is 2.55. The molecule has 0 aliphatic carbocycles. The van der Waals surface area contributed by atoms with Gasteiger partial charge in [-0.05, 0) is 57.5 Å². The first-order valence-electron chi connectivity index (χ1n) is 6.35. The van der Waals surface area contributed by atoms with Crippen LogP contribution < -0.4 is 5.32 Å². The minimum Gasteiger partial charge on any atom is -0.313 e. The van der Waals surface area contributed by atoms with Crippen LogP contribution >= 0.6 is 31.9 Å². The Labute approximate surface area is 139 Å². The van der Waals surface area contributed by atoms with Crippen molar-refractivity contribution in [3.05, 3.63) is 49.7 Å². The topological polar surface area (TPSA) is 29.9 Å². The normalized spacial score (nSPS) is 12.7. The Morgan fingerprint density at radius 2 is 1.95 bits per heavy atom. The number of nitrogens with one attached hydrogen (secondary N) is 1. The molecule has 1 unspecified atom stereocenters. The summed E-state index contributed by atoms with van der Waals surface area (Å²) in [5, 5.41) is 7.48. The van der Waals surface area contributed by atoms with E-state index in [1.807, 2.05) is 14.0 Å². The smallest absolute Gasteiger partial charge is 0.173 e. The predicted octanol–water partition coefficient (Wildman–Crippen LogP) is 4.03. The van der Waals surface area contributed by atoms with Gasteiger partial charge in [-0.3, -0.25) is 4.68 Å². The van der Waals surface area contributed by atoms with Gasteiger partial charge in [0.15, 0.2) is 11.6 Å². The predicted molar refractivity (Wildman–Crippen MR) is 85.2 cm³/mol. The van der Waals surface area contributed by atoms with Crippen molar-refractivity contribution >= 4 is 31.9 Å². The minimum absolute atomic E-state index is 0.150. The van der Waals surface area contributed by atoms with E-state index in [-0.39, 0.29) is 10.5 Å². The van der Waals surface area contributed by atoms with Crippen LogP contribution in [0.15, 0.2) is 21.1 Å². The number of benzene rings is 1. The second-order valence-corrected chi connectivity index (χ2v) is 6.37. The van der Waals surface area contributed by atoms with E-state index >= 15 is 0 Å². The molecule has 2 rings (SSSR count). The molecule has 0 aliphatic heterocycles. The van der Waals surface area contributed by atoms with E-state index in [0.717, 1.165) is 21.9 Å². The minimum atomic E-state index is -0.868. The lowest BCUT2D eigenvalue weighted by atomic mass is 10.0. The average Bonchev–Trinajstić information content (AvgIpc) is 2.69. The van der Waals surface area contributed by atoms with Crippen LogP contribution in [0.5, 0.6) is 0 Å². The number of hydrogen-bond acceptors (Lipinski definition) is 2. The van der Waals surface area contributed by atoms with E-state index in [1.165, 1.54) is 0 Å². The molecule has 0 saturated heterocycles. The number of aromatic nitrogens is 2. The summed E-state index contributed by atoms with van der Waals surface area (Å²) in [5.74, 6) is -1.73. The molecule has 1 heterocycles. The molecule has 0 fully saturated rings. The van der Waals surface area contributed by atoms with Gasteiger partial charge in [-0.25, -0.2) is 8.78 Å². The van der Waals surface area contributed by atoms with Crippen molar-refractivity contribution in [1.29, 1.82) is 0 Å². The third-order valence-electron chi connectivity index (χ3n) is 3.45. The van der Waals surface area contributed by atoms with Crippen LogP contribution in [0.3, 0.4) is 0 Å². The third kappa shape index (κ3) is 3.19. The molecule has 0 aliphatic rings. The summed E-state index contributed by atoms with van der Waals surface area (Å²) < 4.78 is 29.8. The Hall–Kier alpha value is -0.790. The van der Waals surface area contributed by atoms with Gasteiger partial charge in [-0.15, -0.1) is 0 Å². The lowest BCUT2D eigenvalue weighted by Gasteiger charge is -2.19. The fourth-order valence-electron chi connectivity index (χ4n) is 2.27. The second kappa shape index (κ2) is 6.54. The summed E-state index contributed by atoms with van der Waals surface area (Å²) in [6, 6.07) is 2.56. The molecular weight excluding hydrogens is 408 g/mol. The van der Waals surface area contributed by atoms with Gasteiger partial charge in [0.1, 0.15) is 0 Å². The molecule has 1 atom stereocenters. The Morgan fingerprint density at radius 3 is 2.48 bits per heavy atom. The summed E-state index contributed by atoms with van der Waals surface area (Å²) >= 11 is 6.66. The Bertz CT molecular complexity index is 671. The maximum Gasteiger partial charge on any atom is 0.173 e. The van der Waals surface area contributed by atoms with Crippen LogP contribution in [0.4, 0.5) is 8.78 Å². The zero-order chi connectivity index (χ0) is 15.7.